The molecule has 106 valence electrons. The maximum Gasteiger partial charge on any atom is 0.227 e. The molecule has 0 aliphatic carbocycles. The van der Waals surface area contributed by atoms with Gasteiger partial charge in [0.2, 0.25) is 5.91 Å². The Balaban J connectivity index is 1.72. The summed E-state index contributed by atoms with van der Waals surface area (Å²) in [4.78, 5) is 14.7. The van der Waals surface area contributed by atoms with E-state index >= 15 is 0 Å². The molecular formula is C16H19FN2O. The van der Waals surface area contributed by atoms with Crippen LogP contribution in [0.3, 0.4) is 0 Å². The lowest BCUT2D eigenvalue weighted by atomic mass is 9.77. The van der Waals surface area contributed by atoms with E-state index in [1.807, 2.05) is 11.0 Å². The fourth-order valence-electron chi connectivity index (χ4n) is 4.14. The highest BCUT2D eigenvalue weighted by atomic mass is 19.1. The molecule has 1 aromatic rings. The third-order valence-electron chi connectivity index (χ3n) is 5.13. The van der Waals surface area contributed by atoms with E-state index in [2.05, 4.69) is 5.32 Å². The van der Waals surface area contributed by atoms with Crippen molar-refractivity contribution >= 4 is 5.91 Å². The Morgan fingerprint density at radius 1 is 1.35 bits per heavy atom. The molecule has 1 N–H and O–H groups in total. The SMILES string of the molecule is O=C1[C@H]2CCCN[C@H]2C[C@H]2c3cc(F)ccc3CCN12. The van der Waals surface area contributed by atoms with Crippen molar-refractivity contribution < 1.29 is 9.18 Å². The van der Waals surface area contributed by atoms with Crippen molar-refractivity contribution in [2.75, 3.05) is 13.1 Å². The molecule has 1 aromatic carbocycles. The number of piperidine rings is 2. The predicted octanol–water partition coefficient (Wildman–Crippen LogP) is 2.02. The normalized spacial score (nSPS) is 32.4. The zero-order valence-corrected chi connectivity index (χ0v) is 11.4. The molecule has 3 atom stereocenters. The van der Waals surface area contributed by atoms with Crippen molar-refractivity contribution in [1.82, 2.24) is 10.2 Å². The lowest BCUT2D eigenvalue weighted by Gasteiger charge is -2.48. The summed E-state index contributed by atoms with van der Waals surface area (Å²) in [6.07, 6.45) is 3.85. The number of hydrogen-bond donors (Lipinski definition) is 1. The van der Waals surface area contributed by atoms with Crippen LogP contribution in [0, 0.1) is 11.7 Å². The Hall–Kier alpha value is -1.42. The van der Waals surface area contributed by atoms with Gasteiger partial charge in [0, 0.05) is 12.6 Å². The number of nitrogens with zero attached hydrogens (tertiary/aromatic N) is 1. The number of benzene rings is 1. The number of nitrogens with one attached hydrogen (secondary N) is 1. The molecule has 4 rings (SSSR count). The summed E-state index contributed by atoms with van der Waals surface area (Å²) in [5.74, 6) is 0.209. The van der Waals surface area contributed by atoms with Crippen molar-refractivity contribution in [3.8, 4) is 0 Å². The molecule has 3 aliphatic heterocycles. The molecule has 0 radical (unpaired) electrons. The van der Waals surface area contributed by atoms with Crippen LogP contribution in [0.1, 0.15) is 36.4 Å². The second kappa shape index (κ2) is 4.55. The first-order valence-electron chi connectivity index (χ1n) is 7.56. The summed E-state index contributed by atoms with van der Waals surface area (Å²) >= 11 is 0. The van der Waals surface area contributed by atoms with E-state index in [0.29, 0.717) is 0 Å². The first-order chi connectivity index (χ1) is 9.74. The van der Waals surface area contributed by atoms with Gasteiger partial charge < -0.3 is 10.2 Å². The lowest BCUT2D eigenvalue weighted by molar-refractivity contribution is -0.145. The van der Waals surface area contributed by atoms with Crippen LogP contribution in [-0.2, 0) is 11.2 Å². The second-order valence-corrected chi connectivity index (χ2v) is 6.19. The molecule has 0 spiro atoms. The van der Waals surface area contributed by atoms with Gasteiger partial charge in [-0.3, -0.25) is 4.79 Å². The molecule has 3 heterocycles. The fourth-order valence-corrected chi connectivity index (χ4v) is 4.14. The highest BCUT2D eigenvalue weighted by Crippen LogP contribution is 2.41. The molecule has 4 heteroatoms. The Morgan fingerprint density at radius 2 is 2.25 bits per heavy atom. The molecule has 2 saturated heterocycles. The van der Waals surface area contributed by atoms with E-state index in [0.717, 1.165) is 44.3 Å². The highest BCUT2D eigenvalue weighted by molar-refractivity contribution is 5.81. The molecule has 20 heavy (non-hydrogen) atoms. The topological polar surface area (TPSA) is 32.3 Å². The van der Waals surface area contributed by atoms with Gasteiger partial charge in [-0.1, -0.05) is 6.07 Å². The van der Waals surface area contributed by atoms with Gasteiger partial charge in [0.25, 0.3) is 0 Å². The molecule has 3 aliphatic rings. The average Bonchev–Trinajstić information content (AvgIpc) is 2.47. The minimum Gasteiger partial charge on any atom is -0.335 e. The first-order valence-corrected chi connectivity index (χ1v) is 7.56. The van der Waals surface area contributed by atoms with Crippen LogP contribution in [0.15, 0.2) is 18.2 Å². The quantitative estimate of drug-likeness (QED) is 0.785. The van der Waals surface area contributed by atoms with E-state index in [1.165, 1.54) is 11.6 Å². The molecule has 3 nitrogen and oxygen atoms in total. The number of halogens is 1. The summed E-state index contributed by atoms with van der Waals surface area (Å²) in [5, 5.41) is 3.49. The maximum absolute atomic E-state index is 13.6. The number of carbonyl (C=O) groups excluding carboxylic acids is 1. The maximum atomic E-state index is 13.6. The number of fused-ring (bicyclic) bond motifs is 4. The molecule has 0 saturated carbocycles. The smallest absolute Gasteiger partial charge is 0.227 e. The Morgan fingerprint density at radius 3 is 3.15 bits per heavy atom. The first kappa shape index (κ1) is 12.3. The minimum atomic E-state index is -0.197. The van der Waals surface area contributed by atoms with E-state index < -0.39 is 0 Å². The minimum absolute atomic E-state index is 0.0637. The van der Waals surface area contributed by atoms with Gasteiger partial charge in [-0.2, -0.15) is 0 Å². The van der Waals surface area contributed by atoms with Crippen molar-refractivity contribution in [2.24, 2.45) is 5.92 Å². The number of rotatable bonds is 0. The lowest BCUT2D eigenvalue weighted by Crippen LogP contribution is -2.57. The zero-order valence-electron chi connectivity index (χ0n) is 11.4. The van der Waals surface area contributed by atoms with Gasteiger partial charge in [-0.15, -0.1) is 0 Å². The molecular weight excluding hydrogens is 255 g/mol. The third kappa shape index (κ3) is 1.78. The van der Waals surface area contributed by atoms with Gasteiger partial charge >= 0.3 is 0 Å². The standard InChI is InChI=1S/C16H19FN2O/c17-11-4-3-10-5-7-19-15(13(10)8-11)9-14-12(16(19)20)2-1-6-18-14/h3-4,8,12,14-15,18H,1-2,5-7,9H2/t12-,14-,15-/m0/s1. The summed E-state index contributed by atoms with van der Waals surface area (Å²) in [6.45, 7) is 1.78. The number of amides is 1. The van der Waals surface area contributed by atoms with Crippen LogP contribution >= 0.6 is 0 Å². The van der Waals surface area contributed by atoms with Crippen LogP contribution in [0.25, 0.3) is 0 Å². The van der Waals surface area contributed by atoms with Crippen LogP contribution in [-0.4, -0.2) is 29.9 Å². The highest BCUT2D eigenvalue weighted by Gasteiger charge is 2.44. The molecule has 0 bridgehead atoms. The molecule has 0 unspecified atom stereocenters. The monoisotopic (exact) mass is 274 g/mol. The molecule has 0 aromatic heterocycles. The van der Waals surface area contributed by atoms with Gasteiger partial charge in [-0.05, 0) is 55.5 Å². The van der Waals surface area contributed by atoms with Crippen molar-refractivity contribution in [3.63, 3.8) is 0 Å². The van der Waals surface area contributed by atoms with Gasteiger partial charge in [0.1, 0.15) is 5.82 Å². The van der Waals surface area contributed by atoms with Gasteiger partial charge in [-0.25, -0.2) is 4.39 Å². The van der Waals surface area contributed by atoms with E-state index in [9.17, 15) is 9.18 Å². The van der Waals surface area contributed by atoms with Crippen LogP contribution < -0.4 is 5.32 Å². The van der Waals surface area contributed by atoms with Gasteiger partial charge in [0.05, 0.1) is 12.0 Å². The van der Waals surface area contributed by atoms with Crippen molar-refractivity contribution in [2.45, 2.75) is 37.8 Å². The largest absolute Gasteiger partial charge is 0.335 e. The summed E-state index contributed by atoms with van der Waals surface area (Å²) in [7, 11) is 0. The van der Waals surface area contributed by atoms with E-state index in [1.54, 1.807) is 6.07 Å². The zero-order chi connectivity index (χ0) is 13.7. The van der Waals surface area contributed by atoms with E-state index in [4.69, 9.17) is 0 Å². The molecule has 2 fully saturated rings. The summed E-state index contributed by atoms with van der Waals surface area (Å²) in [6, 6.07) is 5.37. The predicted molar refractivity (Wildman–Crippen MR) is 73.7 cm³/mol. The van der Waals surface area contributed by atoms with Crippen LogP contribution in [0.2, 0.25) is 0 Å². The Bertz CT molecular complexity index is 559. The second-order valence-electron chi connectivity index (χ2n) is 6.19. The number of carbonyl (C=O) groups is 1. The van der Waals surface area contributed by atoms with Crippen LogP contribution in [0.4, 0.5) is 4.39 Å². The van der Waals surface area contributed by atoms with Crippen LogP contribution in [0.5, 0.6) is 0 Å². The average molecular weight is 274 g/mol. The van der Waals surface area contributed by atoms with Crippen molar-refractivity contribution in [1.29, 1.82) is 0 Å². The Kier molecular flexibility index (Phi) is 2.81. The summed E-state index contributed by atoms with van der Waals surface area (Å²) in [5.41, 5.74) is 2.23. The summed E-state index contributed by atoms with van der Waals surface area (Å²) < 4.78 is 13.6. The van der Waals surface area contributed by atoms with E-state index in [-0.39, 0.29) is 29.7 Å². The molecule has 1 amide bonds. The Labute approximate surface area is 118 Å². The third-order valence-corrected chi connectivity index (χ3v) is 5.13. The fraction of sp³-hybridized carbons (Fsp3) is 0.562. The van der Waals surface area contributed by atoms with Gasteiger partial charge in [0.15, 0.2) is 0 Å². The van der Waals surface area contributed by atoms with Crippen molar-refractivity contribution in [3.05, 3.63) is 35.1 Å². The number of hydrogen-bond acceptors (Lipinski definition) is 2.